The highest BCUT2D eigenvalue weighted by Gasteiger charge is 2.25. The van der Waals surface area contributed by atoms with Gasteiger partial charge in [0.05, 0.1) is 12.6 Å². The second kappa shape index (κ2) is 8.95. The largest absolute Gasteiger partial charge is 0.459 e. The fourth-order valence-corrected chi connectivity index (χ4v) is 3.61. The summed E-state index contributed by atoms with van der Waals surface area (Å²) in [5.41, 5.74) is 2.85. The van der Waals surface area contributed by atoms with E-state index in [2.05, 4.69) is 20.8 Å². The molecule has 0 fully saturated rings. The number of aromatic nitrogens is 4. The number of benzene rings is 2. The van der Waals surface area contributed by atoms with Gasteiger partial charge in [-0.1, -0.05) is 35.9 Å². The molecule has 7 nitrogen and oxygen atoms in total. The van der Waals surface area contributed by atoms with Crippen LogP contribution in [0.15, 0.2) is 52.9 Å². The molecule has 2 aromatic carbocycles. The van der Waals surface area contributed by atoms with Gasteiger partial charge < -0.3 is 14.8 Å². The number of hydrogen-bond donors (Lipinski definition) is 2. The smallest absolute Gasteiger partial charge is 0.176 e. The van der Waals surface area contributed by atoms with Crippen molar-refractivity contribution in [2.45, 2.75) is 39.0 Å². The van der Waals surface area contributed by atoms with Crippen LogP contribution in [0.1, 0.15) is 48.6 Å². The number of aliphatic hydroxyl groups excluding tert-OH is 1. The number of furan rings is 1. The molecule has 2 aromatic heterocycles. The van der Waals surface area contributed by atoms with Crippen LogP contribution in [0.25, 0.3) is 11.0 Å². The monoisotopic (exact) mass is 425 g/mol. The van der Waals surface area contributed by atoms with Crippen molar-refractivity contribution >= 4 is 22.6 Å². The Kier molecular flexibility index (Phi) is 6.13. The van der Waals surface area contributed by atoms with E-state index in [4.69, 9.17) is 16.0 Å². The Bertz CT molecular complexity index is 1120. The van der Waals surface area contributed by atoms with Crippen LogP contribution in [-0.4, -0.2) is 31.9 Å². The first kappa shape index (κ1) is 20.5. The number of tetrazole rings is 1. The van der Waals surface area contributed by atoms with E-state index in [1.165, 1.54) is 5.56 Å². The second-order valence-electron chi connectivity index (χ2n) is 7.52. The summed E-state index contributed by atoms with van der Waals surface area (Å²) >= 11 is 6.14. The van der Waals surface area contributed by atoms with Crippen molar-refractivity contribution in [3.8, 4) is 0 Å². The van der Waals surface area contributed by atoms with Gasteiger partial charge in [-0.2, -0.15) is 0 Å². The van der Waals surface area contributed by atoms with Crippen LogP contribution in [0.5, 0.6) is 0 Å². The molecule has 0 aliphatic carbocycles. The number of fused-ring (bicyclic) bond motifs is 1. The van der Waals surface area contributed by atoms with Crippen LogP contribution in [0.3, 0.4) is 0 Å². The molecule has 2 N–H and O–H groups in total. The summed E-state index contributed by atoms with van der Waals surface area (Å²) in [5, 5.41) is 26.7. The molecule has 156 valence electrons. The lowest BCUT2D eigenvalue weighted by Crippen LogP contribution is -2.28. The van der Waals surface area contributed by atoms with E-state index in [1.807, 2.05) is 62.4 Å². The highest BCUT2D eigenvalue weighted by Crippen LogP contribution is 2.29. The molecule has 2 heterocycles. The van der Waals surface area contributed by atoms with Gasteiger partial charge in [0.25, 0.3) is 0 Å². The molecule has 4 rings (SSSR count). The van der Waals surface area contributed by atoms with Crippen LogP contribution in [0, 0.1) is 0 Å². The van der Waals surface area contributed by atoms with Crippen molar-refractivity contribution < 1.29 is 9.52 Å². The first-order valence-electron chi connectivity index (χ1n) is 9.94. The molecule has 0 spiro atoms. The Labute approximate surface area is 179 Å². The van der Waals surface area contributed by atoms with Crippen LogP contribution < -0.4 is 5.32 Å². The summed E-state index contributed by atoms with van der Waals surface area (Å²) in [7, 11) is 0. The van der Waals surface area contributed by atoms with Crippen molar-refractivity contribution in [3.05, 3.63) is 76.3 Å². The topological polar surface area (TPSA) is 89.0 Å². The molecule has 8 heteroatoms. The van der Waals surface area contributed by atoms with Gasteiger partial charge in [-0.15, -0.1) is 5.10 Å². The van der Waals surface area contributed by atoms with E-state index in [9.17, 15) is 5.11 Å². The fraction of sp³-hybridized carbons (Fsp3) is 0.318. The molecule has 0 aliphatic rings. The van der Waals surface area contributed by atoms with Crippen LogP contribution in [0.4, 0.5) is 0 Å². The molecule has 4 aromatic rings. The first-order chi connectivity index (χ1) is 14.5. The molecule has 1 unspecified atom stereocenters. The highest BCUT2D eigenvalue weighted by molar-refractivity contribution is 6.31. The maximum atomic E-state index is 9.20. The van der Waals surface area contributed by atoms with E-state index in [0.29, 0.717) is 17.4 Å². The molecule has 0 saturated carbocycles. The summed E-state index contributed by atoms with van der Waals surface area (Å²) in [6.07, 6.45) is 0.817. The van der Waals surface area contributed by atoms with Crippen molar-refractivity contribution in [3.63, 3.8) is 0 Å². The number of aliphatic hydroxyl groups is 1. The van der Waals surface area contributed by atoms with E-state index in [0.717, 1.165) is 28.7 Å². The summed E-state index contributed by atoms with van der Waals surface area (Å²) < 4.78 is 7.92. The van der Waals surface area contributed by atoms with Gasteiger partial charge in [-0.25, -0.2) is 4.68 Å². The van der Waals surface area contributed by atoms with E-state index >= 15 is 0 Å². The van der Waals surface area contributed by atoms with Crippen molar-refractivity contribution in [1.82, 2.24) is 25.5 Å². The zero-order valence-electron chi connectivity index (χ0n) is 16.9. The lowest BCUT2D eigenvalue weighted by atomic mass is 10.1. The molecule has 0 amide bonds. The van der Waals surface area contributed by atoms with Crippen LogP contribution in [-0.2, 0) is 13.0 Å². The predicted molar refractivity (Wildman–Crippen MR) is 115 cm³/mol. The van der Waals surface area contributed by atoms with E-state index in [-0.39, 0.29) is 18.7 Å². The Hall–Kier alpha value is -2.74. The number of halogens is 1. The third kappa shape index (κ3) is 4.38. The molecule has 0 radical (unpaired) electrons. The number of hydrogen-bond acceptors (Lipinski definition) is 6. The zero-order chi connectivity index (χ0) is 21.1. The van der Waals surface area contributed by atoms with Gasteiger partial charge in [0, 0.05) is 17.0 Å². The maximum Gasteiger partial charge on any atom is 0.176 e. The zero-order valence-corrected chi connectivity index (χ0v) is 17.7. The molecule has 0 aliphatic heterocycles. The standard InChI is InChI=1S/C22H24ClN5O2/c1-14(2)28-22(25-26-27-28)21(20-12-17-11-18(23)7-8-19(17)30-20)24-10-9-15-3-5-16(13-29)6-4-15/h3-8,11-12,14,21,24,29H,9-10,13H2,1-2H3. The van der Waals surface area contributed by atoms with Crippen LogP contribution >= 0.6 is 11.6 Å². The first-order valence-corrected chi connectivity index (χ1v) is 10.3. The molecular formula is C22H24ClN5O2. The highest BCUT2D eigenvalue weighted by atomic mass is 35.5. The average molecular weight is 426 g/mol. The lowest BCUT2D eigenvalue weighted by Gasteiger charge is -2.17. The molecule has 30 heavy (non-hydrogen) atoms. The Balaban J connectivity index is 1.60. The van der Waals surface area contributed by atoms with Gasteiger partial charge in [-0.05, 0) is 66.1 Å². The molecule has 0 saturated heterocycles. The SMILES string of the molecule is CC(C)n1nnnc1C(NCCc1ccc(CO)cc1)c1cc2cc(Cl)ccc2o1. The van der Waals surface area contributed by atoms with Crippen LogP contribution in [0.2, 0.25) is 5.02 Å². The summed E-state index contributed by atoms with van der Waals surface area (Å²) in [5.74, 6) is 1.44. The number of rotatable bonds is 8. The summed E-state index contributed by atoms with van der Waals surface area (Å²) in [6.45, 7) is 4.83. The Morgan fingerprint density at radius 1 is 1.10 bits per heavy atom. The van der Waals surface area contributed by atoms with Gasteiger partial charge in [0.2, 0.25) is 0 Å². The second-order valence-corrected chi connectivity index (χ2v) is 7.95. The van der Waals surface area contributed by atoms with Crippen molar-refractivity contribution in [1.29, 1.82) is 0 Å². The van der Waals surface area contributed by atoms with Gasteiger partial charge >= 0.3 is 0 Å². The number of nitrogens with zero attached hydrogens (tertiary/aromatic N) is 4. The summed E-state index contributed by atoms with van der Waals surface area (Å²) in [4.78, 5) is 0. The van der Waals surface area contributed by atoms with Gasteiger partial charge in [0.15, 0.2) is 5.82 Å². The molecular weight excluding hydrogens is 402 g/mol. The normalized spacial score (nSPS) is 12.7. The van der Waals surface area contributed by atoms with E-state index in [1.54, 1.807) is 4.68 Å². The van der Waals surface area contributed by atoms with Crippen molar-refractivity contribution in [2.75, 3.05) is 6.54 Å². The molecule has 1 atom stereocenters. The predicted octanol–water partition coefficient (Wildman–Crippen LogP) is 4.07. The minimum Gasteiger partial charge on any atom is -0.459 e. The Morgan fingerprint density at radius 2 is 1.87 bits per heavy atom. The lowest BCUT2D eigenvalue weighted by molar-refractivity contribution is 0.282. The van der Waals surface area contributed by atoms with Gasteiger partial charge in [0.1, 0.15) is 17.4 Å². The number of nitrogens with one attached hydrogen (secondary N) is 1. The van der Waals surface area contributed by atoms with Gasteiger partial charge in [-0.3, -0.25) is 0 Å². The molecule has 0 bridgehead atoms. The fourth-order valence-electron chi connectivity index (χ4n) is 3.43. The Morgan fingerprint density at radius 3 is 2.60 bits per heavy atom. The average Bonchev–Trinajstić information content (AvgIpc) is 3.38. The minimum absolute atomic E-state index is 0.0501. The third-order valence-electron chi connectivity index (χ3n) is 5.02. The quantitative estimate of drug-likeness (QED) is 0.442. The maximum absolute atomic E-state index is 9.20. The minimum atomic E-state index is -0.301. The third-order valence-corrected chi connectivity index (χ3v) is 5.25. The van der Waals surface area contributed by atoms with E-state index < -0.39 is 0 Å². The van der Waals surface area contributed by atoms with Crippen molar-refractivity contribution in [2.24, 2.45) is 0 Å². The summed E-state index contributed by atoms with van der Waals surface area (Å²) in [6, 6.07) is 15.3.